The van der Waals surface area contributed by atoms with Gasteiger partial charge in [0, 0.05) is 17.9 Å². The Morgan fingerprint density at radius 1 is 1.61 bits per heavy atom. The van der Waals surface area contributed by atoms with Crippen molar-refractivity contribution in [1.82, 2.24) is 0 Å². The highest BCUT2D eigenvalue weighted by atomic mass is 32.2. The quantitative estimate of drug-likeness (QED) is 0.813. The molecule has 1 aromatic rings. The molecule has 1 heterocycles. The maximum atomic E-state index is 11.1. The molecule has 1 aliphatic rings. The van der Waals surface area contributed by atoms with Crippen LogP contribution >= 0.6 is 11.8 Å². The van der Waals surface area contributed by atoms with Crippen LogP contribution in [0.3, 0.4) is 0 Å². The van der Waals surface area contributed by atoms with Gasteiger partial charge in [0.1, 0.15) is 17.9 Å². The maximum absolute atomic E-state index is 11.1. The molecular weight excluding hydrogens is 250 g/mol. The van der Waals surface area contributed by atoms with Gasteiger partial charge in [-0.05, 0) is 11.6 Å². The molecule has 18 heavy (non-hydrogen) atoms. The van der Waals surface area contributed by atoms with Crippen LogP contribution in [0.2, 0.25) is 0 Å². The van der Waals surface area contributed by atoms with Gasteiger partial charge in [-0.1, -0.05) is 18.2 Å². The molecule has 2 unspecified atom stereocenters. The summed E-state index contributed by atoms with van der Waals surface area (Å²) in [4.78, 5) is 11.1. The molecule has 2 atom stereocenters. The lowest BCUT2D eigenvalue weighted by molar-refractivity contribution is -0.141. The molecule has 0 saturated carbocycles. The summed E-state index contributed by atoms with van der Waals surface area (Å²) >= 11 is 1.62. The molecule has 98 valence electrons. The lowest BCUT2D eigenvalue weighted by Crippen LogP contribution is -2.34. The number of hydrogen-bond acceptors (Lipinski definition) is 5. The fraction of sp³-hybridized carbons (Fsp3) is 0.462. The van der Waals surface area contributed by atoms with E-state index in [9.17, 15) is 4.79 Å². The highest BCUT2D eigenvalue weighted by molar-refractivity contribution is 7.99. The Kier molecular flexibility index (Phi) is 4.49. The topological polar surface area (TPSA) is 61.5 Å². The van der Waals surface area contributed by atoms with Crippen LogP contribution in [0.15, 0.2) is 24.3 Å². The number of benzene rings is 1. The van der Waals surface area contributed by atoms with Crippen LogP contribution in [0.4, 0.5) is 0 Å². The minimum absolute atomic E-state index is 0.178. The van der Waals surface area contributed by atoms with Gasteiger partial charge in [0.15, 0.2) is 0 Å². The molecule has 4 nitrogen and oxygen atoms in total. The van der Waals surface area contributed by atoms with Crippen molar-refractivity contribution in [3.05, 3.63) is 29.8 Å². The smallest absolute Gasteiger partial charge is 0.323 e. The Morgan fingerprint density at radius 2 is 2.39 bits per heavy atom. The van der Waals surface area contributed by atoms with Crippen LogP contribution < -0.4 is 10.5 Å². The van der Waals surface area contributed by atoms with E-state index >= 15 is 0 Å². The Labute approximate surface area is 111 Å². The molecule has 0 aromatic heterocycles. The number of carbonyl (C=O) groups is 1. The van der Waals surface area contributed by atoms with Gasteiger partial charge in [0.05, 0.1) is 7.11 Å². The number of methoxy groups -OCH3 is 1. The van der Waals surface area contributed by atoms with Crippen molar-refractivity contribution in [1.29, 1.82) is 0 Å². The first kappa shape index (κ1) is 13.2. The zero-order valence-corrected chi connectivity index (χ0v) is 11.1. The number of ether oxygens (including phenoxy) is 2. The SMILES string of the molecule is COC(=O)C(N)CSCC1Cc2ccccc2O1. The van der Waals surface area contributed by atoms with Gasteiger partial charge in [-0.25, -0.2) is 0 Å². The maximum Gasteiger partial charge on any atom is 0.323 e. The Morgan fingerprint density at radius 3 is 3.11 bits per heavy atom. The predicted octanol–water partition coefficient (Wildman–Crippen LogP) is 1.22. The van der Waals surface area contributed by atoms with Crippen molar-refractivity contribution in [2.75, 3.05) is 18.6 Å². The molecular formula is C13H17NO3S. The zero-order valence-electron chi connectivity index (χ0n) is 10.3. The second kappa shape index (κ2) is 6.11. The average Bonchev–Trinajstić information content (AvgIpc) is 2.80. The van der Waals surface area contributed by atoms with E-state index in [-0.39, 0.29) is 12.1 Å². The minimum Gasteiger partial charge on any atom is -0.489 e. The number of fused-ring (bicyclic) bond motifs is 1. The van der Waals surface area contributed by atoms with E-state index in [1.54, 1.807) is 11.8 Å². The van der Waals surface area contributed by atoms with Gasteiger partial charge in [-0.2, -0.15) is 11.8 Å². The van der Waals surface area contributed by atoms with Crippen LogP contribution in [0.25, 0.3) is 0 Å². The number of thioether (sulfide) groups is 1. The third-order valence-electron chi connectivity index (χ3n) is 2.82. The summed E-state index contributed by atoms with van der Waals surface area (Å²) < 4.78 is 10.4. The van der Waals surface area contributed by atoms with E-state index in [1.807, 2.05) is 18.2 Å². The van der Waals surface area contributed by atoms with E-state index < -0.39 is 6.04 Å². The fourth-order valence-corrected chi connectivity index (χ4v) is 2.87. The number of para-hydroxylation sites is 1. The van der Waals surface area contributed by atoms with E-state index in [4.69, 9.17) is 10.5 Å². The largest absolute Gasteiger partial charge is 0.489 e. The first-order valence-electron chi connectivity index (χ1n) is 5.86. The lowest BCUT2D eigenvalue weighted by atomic mass is 10.1. The average molecular weight is 267 g/mol. The molecule has 0 radical (unpaired) electrons. The normalized spacial score (nSPS) is 18.9. The van der Waals surface area contributed by atoms with Crippen LogP contribution in [-0.4, -0.2) is 36.7 Å². The second-order valence-electron chi connectivity index (χ2n) is 4.22. The third-order valence-corrected chi connectivity index (χ3v) is 4.02. The van der Waals surface area contributed by atoms with Crippen molar-refractivity contribution >= 4 is 17.7 Å². The summed E-state index contributed by atoms with van der Waals surface area (Å²) in [6.45, 7) is 0. The Balaban J connectivity index is 1.73. The number of carbonyl (C=O) groups excluding carboxylic acids is 1. The van der Waals surface area contributed by atoms with E-state index in [0.717, 1.165) is 17.9 Å². The minimum atomic E-state index is -0.552. The Hall–Kier alpha value is -1.20. The molecule has 0 spiro atoms. The van der Waals surface area contributed by atoms with Crippen LogP contribution in [0.1, 0.15) is 5.56 Å². The number of nitrogens with two attached hydrogens (primary N) is 1. The monoisotopic (exact) mass is 267 g/mol. The van der Waals surface area contributed by atoms with Crippen LogP contribution in [-0.2, 0) is 16.0 Å². The van der Waals surface area contributed by atoms with Gasteiger partial charge in [-0.15, -0.1) is 0 Å². The second-order valence-corrected chi connectivity index (χ2v) is 5.29. The third kappa shape index (κ3) is 3.17. The van der Waals surface area contributed by atoms with Crippen molar-refractivity contribution in [3.8, 4) is 5.75 Å². The molecule has 0 saturated heterocycles. The summed E-state index contributed by atoms with van der Waals surface area (Å²) in [6.07, 6.45) is 1.11. The standard InChI is InChI=1S/C13H17NO3S/c1-16-13(15)11(14)8-18-7-10-6-9-4-2-3-5-12(9)17-10/h2-5,10-11H,6-8,14H2,1H3. The van der Waals surface area contributed by atoms with Crippen LogP contribution in [0.5, 0.6) is 5.75 Å². The molecule has 0 amide bonds. The fourth-order valence-electron chi connectivity index (χ4n) is 1.89. The summed E-state index contributed by atoms with van der Waals surface area (Å²) in [5, 5.41) is 0. The molecule has 1 aromatic carbocycles. The lowest BCUT2D eigenvalue weighted by Gasteiger charge is -2.12. The Bertz CT molecular complexity index is 399. The van der Waals surface area contributed by atoms with Gasteiger partial charge in [-0.3, -0.25) is 4.79 Å². The van der Waals surface area contributed by atoms with E-state index in [2.05, 4.69) is 10.8 Å². The molecule has 2 N–H and O–H groups in total. The van der Waals surface area contributed by atoms with Crippen LogP contribution in [0, 0.1) is 0 Å². The van der Waals surface area contributed by atoms with E-state index in [1.165, 1.54) is 12.7 Å². The summed E-state index contributed by atoms with van der Waals surface area (Å²) in [7, 11) is 1.35. The van der Waals surface area contributed by atoms with Crippen molar-refractivity contribution in [2.45, 2.75) is 18.6 Å². The molecule has 2 rings (SSSR count). The van der Waals surface area contributed by atoms with E-state index in [0.29, 0.717) is 5.75 Å². The number of esters is 1. The summed E-state index contributed by atoms with van der Waals surface area (Å²) in [5.41, 5.74) is 6.91. The first-order chi connectivity index (χ1) is 8.70. The van der Waals surface area contributed by atoms with Gasteiger partial charge in [0.2, 0.25) is 0 Å². The summed E-state index contributed by atoms with van der Waals surface area (Å²) in [6, 6.07) is 7.51. The van der Waals surface area contributed by atoms with Gasteiger partial charge < -0.3 is 15.2 Å². The molecule has 1 aliphatic heterocycles. The highest BCUT2D eigenvalue weighted by Gasteiger charge is 2.23. The molecule has 5 heteroatoms. The molecule has 0 bridgehead atoms. The first-order valence-corrected chi connectivity index (χ1v) is 7.02. The molecule has 0 fully saturated rings. The predicted molar refractivity (Wildman–Crippen MR) is 71.9 cm³/mol. The highest BCUT2D eigenvalue weighted by Crippen LogP contribution is 2.29. The zero-order chi connectivity index (χ0) is 13.0. The number of rotatable bonds is 5. The number of hydrogen-bond donors (Lipinski definition) is 1. The van der Waals surface area contributed by atoms with Crippen molar-refractivity contribution in [2.24, 2.45) is 5.73 Å². The van der Waals surface area contributed by atoms with Gasteiger partial charge >= 0.3 is 5.97 Å². The molecule has 0 aliphatic carbocycles. The van der Waals surface area contributed by atoms with Crippen molar-refractivity contribution in [3.63, 3.8) is 0 Å². The van der Waals surface area contributed by atoms with Gasteiger partial charge in [0.25, 0.3) is 0 Å². The van der Waals surface area contributed by atoms with Crippen molar-refractivity contribution < 1.29 is 14.3 Å². The summed E-state index contributed by atoms with van der Waals surface area (Å²) in [5.74, 6) is 2.00.